The van der Waals surface area contributed by atoms with Gasteiger partial charge in [0.1, 0.15) is 5.76 Å². The highest BCUT2D eigenvalue weighted by Gasteiger charge is 2.16. The van der Waals surface area contributed by atoms with E-state index in [-0.39, 0.29) is 5.76 Å². The lowest BCUT2D eigenvalue weighted by Crippen LogP contribution is -2.03. The molecule has 0 aliphatic rings. The van der Waals surface area contributed by atoms with Gasteiger partial charge in [-0.25, -0.2) is 4.79 Å². The Morgan fingerprint density at radius 1 is 1.50 bits per heavy atom. The Hall–Kier alpha value is -1.75. The molecule has 2 aromatic heterocycles. The van der Waals surface area contributed by atoms with Crippen molar-refractivity contribution in [3.8, 4) is 0 Å². The molecule has 0 aliphatic heterocycles. The Kier molecular flexibility index (Phi) is 3.17. The summed E-state index contributed by atoms with van der Waals surface area (Å²) in [5, 5.41) is 13.8. The summed E-state index contributed by atoms with van der Waals surface area (Å²) < 4.78 is 6.98. The van der Waals surface area contributed by atoms with Crippen molar-refractivity contribution in [3.63, 3.8) is 0 Å². The molecule has 0 aliphatic carbocycles. The van der Waals surface area contributed by atoms with Crippen LogP contribution in [-0.4, -0.2) is 20.9 Å². The van der Waals surface area contributed by atoms with Gasteiger partial charge in [-0.15, -0.1) is 0 Å². The van der Waals surface area contributed by atoms with Crippen LogP contribution in [0.5, 0.6) is 0 Å². The van der Waals surface area contributed by atoms with E-state index in [2.05, 4.69) is 5.10 Å². The highest BCUT2D eigenvalue weighted by molar-refractivity contribution is 6.31. The normalized spacial score (nSPS) is 10.9. The molecule has 2 rings (SSSR count). The monoisotopic (exact) mass is 268 g/mol. The van der Waals surface area contributed by atoms with Crippen molar-refractivity contribution >= 4 is 17.6 Å². The number of aryl methyl sites for hydroxylation is 2. The number of nitrogens with zero attached hydrogens (tertiary/aromatic N) is 2. The molecule has 2 aromatic rings. The molecule has 0 fully saturated rings. The van der Waals surface area contributed by atoms with E-state index in [1.807, 2.05) is 13.8 Å². The average molecular weight is 269 g/mol. The fourth-order valence-electron chi connectivity index (χ4n) is 1.81. The number of furan rings is 1. The van der Waals surface area contributed by atoms with Crippen molar-refractivity contribution in [1.82, 2.24) is 9.78 Å². The van der Waals surface area contributed by atoms with Crippen LogP contribution < -0.4 is 0 Å². The van der Waals surface area contributed by atoms with Crippen LogP contribution in [0.25, 0.3) is 0 Å². The minimum Gasteiger partial charge on any atom is -0.475 e. The van der Waals surface area contributed by atoms with Gasteiger partial charge >= 0.3 is 5.97 Å². The Balaban J connectivity index is 2.31. The van der Waals surface area contributed by atoms with E-state index >= 15 is 0 Å². The zero-order valence-electron chi connectivity index (χ0n) is 10.3. The molecule has 0 amide bonds. The molecule has 0 saturated heterocycles. The van der Waals surface area contributed by atoms with E-state index < -0.39 is 5.97 Å². The van der Waals surface area contributed by atoms with Crippen LogP contribution in [0.4, 0.5) is 0 Å². The lowest BCUT2D eigenvalue weighted by atomic mass is 10.2. The lowest BCUT2D eigenvalue weighted by molar-refractivity contribution is 0.0659. The first-order valence-corrected chi connectivity index (χ1v) is 5.80. The summed E-state index contributed by atoms with van der Waals surface area (Å²) in [6.07, 6.45) is 0. The molecular formula is C12H13ClN2O3. The number of carboxylic acid groups (broad SMARTS) is 1. The first-order valence-electron chi connectivity index (χ1n) is 5.42. The number of rotatable bonds is 3. The van der Waals surface area contributed by atoms with Crippen LogP contribution >= 0.6 is 11.6 Å². The van der Waals surface area contributed by atoms with E-state index in [9.17, 15) is 4.79 Å². The molecule has 0 aromatic carbocycles. The van der Waals surface area contributed by atoms with Gasteiger partial charge in [-0.3, -0.25) is 4.68 Å². The highest BCUT2D eigenvalue weighted by atomic mass is 35.5. The Morgan fingerprint density at radius 3 is 2.61 bits per heavy atom. The van der Waals surface area contributed by atoms with Crippen LogP contribution in [0, 0.1) is 20.8 Å². The lowest BCUT2D eigenvalue weighted by Gasteiger charge is -2.00. The van der Waals surface area contributed by atoms with Crippen molar-refractivity contribution in [2.24, 2.45) is 0 Å². The molecule has 0 spiro atoms. The zero-order valence-corrected chi connectivity index (χ0v) is 11.1. The fourth-order valence-corrected chi connectivity index (χ4v) is 1.95. The Bertz CT molecular complexity index is 613. The number of aromatic carboxylic acids is 1. The molecular weight excluding hydrogens is 256 g/mol. The summed E-state index contributed by atoms with van der Waals surface area (Å²) in [5.41, 5.74) is 2.18. The number of carboxylic acids is 1. The second-order valence-electron chi connectivity index (χ2n) is 4.17. The fraction of sp³-hybridized carbons (Fsp3) is 0.333. The number of hydrogen-bond acceptors (Lipinski definition) is 3. The van der Waals surface area contributed by atoms with E-state index in [4.69, 9.17) is 21.1 Å². The molecule has 0 unspecified atom stereocenters. The average Bonchev–Trinajstić information content (AvgIpc) is 2.76. The number of carbonyl (C=O) groups is 1. The van der Waals surface area contributed by atoms with Gasteiger partial charge in [0.25, 0.3) is 0 Å². The van der Waals surface area contributed by atoms with Gasteiger partial charge in [0.2, 0.25) is 5.76 Å². The zero-order chi connectivity index (χ0) is 13.4. The minimum absolute atomic E-state index is 0.0300. The van der Waals surface area contributed by atoms with Gasteiger partial charge < -0.3 is 9.52 Å². The SMILES string of the molecule is Cc1cc(Cn2nc(C)c(Cl)c2C)oc1C(=O)O. The topological polar surface area (TPSA) is 68.3 Å². The summed E-state index contributed by atoms with van der Waals surface area (Å²) in [4.78, 5) is 10.9. The summed E-state index contributed by atoms with van der Waals surface area (Å²) in [6, 6.07) is 1.70. The quantitative estimate of drug-likeness (QED) is 0.929. The van der Waals surface area contributed by atoms with Crippen molar-refractivity contribution in [2.75, 3.05) is 0 Å². The molecule has 0 saturated carbocycles. The molecule has 2 heterocycles. The van der Waals surface area contributed by atoms with Crippen LogP contribution in [0.15, 0.2) is 10.5 Å². The van der Waals surface area contributed by atoms with Crippen LogP contribution in [0.3, 0.4) is 0 Å². The highest BCUT2D eigenvalue weighted by Crippen LogP contribution is 2.21. The molecule has 0 bridgehead atoms. The second-order valence-corrected chi connectivity index (χ2v) is 4.55. The molecule has 5 nitrogen and oxygen atoms in total. The van der Waals surface area contributed by atoms with Crippen molar-refractivity contribution in [1.29, 1.82) is 0 Å². The largest absolute Gasteiger partial charge is 0.475 e. The third-order valence-electron chi connectivity index (χ3n) is 2.76. The molecule has 96 valence electrons. The maximum Gasteiger partial charge on any atom is 0.372 e. The Morgan fingerprint density at radius 2 is 2.17 bits per heavy atom. The maximum absolute atomic E-state index is 10.9. The summed E-state index contributed by atoms with van der Waals surface area (Å²) >= 11 is 6.04. The summed E-state index contributed by atoms with van der Waals surface area (Å²) in [7, 11) is 0. The molecule has 18 heavy (non-hydrogen) atoms. The van der Waals surface area contributed by atoms with Gasteiger partial charge in [-0.1, -0.05) is 11.6 Å². The second kappa shape index (κ2) is 4.49. The van der Waals surface area contributed by atoms with E-state index in [0.29, 0.717) is 22.9 Å². The predicted molar refractivity (Wildman–Crippen MR) is 66.2 cm³/mol. The van der Waals surface area contributed by atoms with Crippen molar-refractivity contribution in [2.45, 2.75) is 27.3 Å². The van der Waals surface area contributed by atoms with E-state index in [0.717, 1.165) is 11.4 Å². The van der Waals surface area contributed by atoms with Crippen molar-refractivity contribution < 1.29 is 14.3 Å². The van der Waals surface area contributed by atoms with Crippen LogP contribution in [-0.2, 0) is 6.54 Å². The minimum atomic E-state index is -1.06. The smallest absolute Gasteiger partial charge is 0.372 e. The predicted octanol–water partition coefficient (Wildman–Crippen LogP) is 2.80. The molecule has 0 atom stereocenters. The summed E-state index contributed by atoms with van der Waals surface area (Å²) in [6.45, 7) is 5.75. The first kappa shape index (κ1) is 12.7. The molecule has 6 heteroatoms. The first-order chi connectivity index (χ1) is 8.40. The van der Waals surface area contributed by atoms with Crippen LogP contribution in [0.2, 0.25) is 5.02 Å². The van der Waals surface area contributed by atoms with E-state index in [1.54, 1.807) is 17.7 Å². The number of halogens is 1. The van der Waals surface area contributed by atoms with Crippen molar-refractivity contribution in [3.05, 3.63) is 39.6 Å². The van der Waals surface area contributed by atoms with Gasteiger partial charge in [-0.05, 0) is 26.8 Å². The van der Waals surface area contributed by atoms with Gasteiger partial charge in [0.05, 0.1) is 23.0 Å². The van der Waals surface area contributed by atoms with Gasteiger partial charge in [-0.2, -0.15) is 5.10 Å². The van der Waals surface area contributed by atoms with E-state index in [1.165, 1.54) is 0 Å². The standard InChI is InChI=1S/C12H13ClN2O3/c1-6-4-9(18-11(6)12(16)17)5-15-8(3)10(13)7(2)14-15/h4H,5H2,1-3H3,(H,16,17). The Labute approximate surface area is 109 Å². The third-order valence-corrected chi connectivity index (χ3v) is 3.31. The number of aromatic nitrogens is 2. The van der Waals surface area contributed by atoms with Gasteiger partial charge in [0, 0.05) is 5.56 Å². The number of hydrogen-bond donors (Lipinski definition) is 1. The molecule has 0 radical (unpaired) electrons. The summed E-state index contributed by atoms with van der Waals surface area (Å²) in [5.74, 6) is -0.546. The third kappa shape index (κ3) is 2.13. The van der Waals surface area contributed by atoms with Gasteiger partial charge in [0.15, 0.2) is 0 Å². The maximum atomic E-state index is 10.9. The van der Waals surface area contributed by atoms with Crippen LogP contribution in [0.1, 0.15) is 33.3 Å². The molecule has 1 N–H and O–H groups in total.